The van der Waals surface area contributed by atoms with Crippen molar-refractivity contribution < 1.29 is 19.3 Å². The molecule has 27 heavy (non-hydrogen) atoms. The van der Waals surface area contributed by atoms with Gasteiger partial charge in [-0.25, -0.2) is 4.39 Å². The molecule has 2 aromatic rings. The smallest absolute Gasteiger partial charge is 0.131 e. The van der Waals surface area contributed by atoms with Crippen molar-refractivity contribution in [2.24, 2.45) is 0 Å². The van der Waals surface area contributed by atoms with E-state index in [9.17, 15) is 14.6 Å². The summed E-state index contributed by atoms with van der Waals surface area (Å²) in [5.41, 5.74) is 1.70. The first-order chi connectivity index (χ1) is 13.1. The molecule has 0 spiro atoms. The molecule has 0 amide bonds. The van der Waals surface area contributed by atoms with Gasteiger partial charge in [-0.15, -0.1) is 0 Å². The second kappa shape index (κ2) is 9.17. The predicted octanol–water partition coefficient (Wildman–Crippen LogP) is 2.61. The fourth-order valence-electron chi connectivity index (χ4n) is 3.65. The molecule has 2 N–H and O–H groups in total. The molecular formula is C21H27FN2O3. The van der Waals surface area contributed by atoms with E-state index >= 15 is 0 Å². The summed E-state index contributed by atoms with van der Waals surface area (Å²) in [5.74, 6) is 0.520. The maximum atomic E-state index is 14.3. The van der Waals surface area contributed by atoms with Gasteiger partial charge in [-0.05, 0) is 30.2 Å². The third-order valence-electron chi connectivity index (χ3n) is 5.10. The number of aliphatic hydroxyl groups excluding tert-OH is 1. The van der Waals surface area contributed by atoms with E-state index in [1.165, 1.54) is 13.2 Å². The summed E-state index contributed by atoms with van der Waals surface area (Å²) in [4.78, 5) is 4.55. The van der Waals surface area contributed by atoms with E-state index in [4.69, 9.17) is 4.74 Å². The standard InChI is InChI=1S/C21H27FN2O3/c1-27-20-6-5-17(21(22)12-20)14-24-9-8-23(15-18(24)7-10-25)13-16-3-2-4-19(26)11-16/h2-6,11-12,18,25-26H,7-10,13-15H2,1H3/t18-/m1/s1. The van der Waals surface area contributed by atoms with Gasteiger partial charge in [0.25, 0.3) is 0 Å². The first kappa shape index (κ1) is 19.6. The zero-order valence-corrected chi connectivity index (χ0v) is 15.6. The van der Waals surface area contributed by atoms with Crippen molar-refractivity contribution in [2.75, 3.05) is 33.4 Å². The summed E-state index contributed by atoms with van der Waals surface area (Å²) in [6.45, 7) is 3.83. The Morgan fingerprint density at radius 2 is 2.00 bits per heavy atom. The van der Waals surface area contributed by atoms with Gasteiger partial charge in [-0.2, -0.15) is 0 Å². The maximum Gasteiger partial charge on any atom is 0.131 e. The number of aromatic hydroxyl groups is 1. The Bertz CT molecular complexity index is 756. The highest BCUT2D eigenvalue weighted by Gasteiger charge is 2.27. The molecule has 0 unspecified atom stereocenters. The Kier molecular flexibility index (Phi) is 6.66. The van der Waals surface area contributed by atoms with Crippen LogP contribution in [0.3, 0.4) is 0 Å². The van der Waals surface area contributed by atoms with E-state index in [1.807, 2.05) is 12.1 Å². The lowest BCUT2D eigenvalue weighted by atomic mass is 10.1. The van der Waals surface area contributed by atoms with Crippen LogP contribution >= 0.6 is 0 Å². The summed E-state index contributed by atoms with van der Waals surface area (Å²) in [6.07, 6.45) is 0.647. The normalized spacial score (nSPS) is 18.6. The van der Waals surface area contributed by atoms with Crippen LogP contribution in [0.1, 0.15) is 17.5 Å². The number of nitrogens with zero attached hydrogens (tertiary/aromatic N) is 2. The highest BCUT2D eigenvalue weighted by atomic mass is 19.1. The number of benzene rings is 2. The number of halogens is 1. The molecule has 146 valence electrons. The Morgan fingerprint density at radius 3 is 2.70 bits per heavy atom. The zero-order chi connectivity index (χ0) is 19.2. The molecule has 1 aliphatic rings. The summed E-state index contributed by atoms with van der Waals surface area (Å²) in [5, 5.41) is 19.1. The van der Waals surface area contributed by atoms with Crippen molar-refractivity contribution in [3.05, 3.63) is 59.4 Å². The summed E-state index contributed by atoms with van der Waals surface area (Å²) in [6, 6.07) is 12.4. The lowest BCUT2D eigenvalue weighted by Crippen LogP contribution is -2.52. The molecule has 6 heteroatoms. The van der Waals surface area contributed by atoms with Crippen LogP contribution in [-0.2, 0) is 13.1 Å². The van der Waals surface area contributed by atoms with E-state index in [0.717, 1.165) is 31.7 Å². The van der Waals surface area contributed by atoms with Crippen molar-refractivity contribution in [1.29, 1.82) is 0 Å². The number of phenols is 1. The van der Waals surface area contributed by atoms with Gasteiger partial charge in [-0.3, -0.25) is 9.80 Å². The molecule has 1 heterocycles. The fourth-order valence-corrected chi connectivity index (χ4v) is 3.65. The Balaban J connectivity index is 1.65. The Morgan fingerprint density at radius 1 is 1.15 bits per heavy atom. The van der Waals surface area contributed by atoms with Gasteiger partial charge >= 0.3 is 0 Å². The van der Waals surface area contributed by atoms with Crippen molar-refractivity contribution >= 4 is 0 Å². The van der Waals surface area contributed by atoms with E-state index in [-0.39, 0.29) is 24.2 Å². The lowest BCUT2D eigenvalue weighted by Gasteiger charge is -2.41. The molecule has 0 aromatic heterocycles. The molecule has 5 nitrogen and oxygen atoms in total. The fraction of sp³-hybridized carbons (Fsp3) is 0.429. The van der Waals surface area contributed by atoms with Gasteiger partial charge < -0.3 is 14.9 Å². The number of ether oxygens (including phenoxy) is 1. The molecule has 1 fully saturated rings. The SMILES string of the molecule is COc1ccc(CN2CCN(Cc3cccc(O)c3)C[C@H]2CCO)c(F)c1. The Labute approximate surface area is 159 Å². The number of phenolic OH excluding ortho intramolecular Hbond substituents is 1. The average molecular weight is 374 g/mol. The van der Waals surface area contributed by atoms with E-state index < -0.39 is 0 Å². The van der Waals surface area contributed by atoms with Crippen molar-refractivity contribution in [3.63, 3.8) is 0 Å². The molecule has 0 bridgehead atoms. The van der Waals surface area contributed by atoms with Crippen LogP contribution in [0, 0.1) is 5.82 Å². The van der Waals surface area contributed by atoms with Crippen LogP contribution in [0.25, 0.3) is 0 Å². The van der Waals surface area contributed by atoms with Gasteiger partial charge in [-0.1, -0.05) is 18.2 Å². The third-order valence-corrected chi connectivity index (χ3v) is 5.10. The van der Waals surface area contributed by atoms with Crippen molar-refractivity contribution in [3.8, 4) is 11.5 Å². The van der Waals surface area contributed by atoms with Crippen molar-refractivity contribution in [1.82, 2.24) is 9.80 Å². The minimum atomic E-state index is -0.265. The van der Waals surface area contributed by atoms with Crippen LogP contribution in [-0.4, -0.2) is 59.4 Å². The summed E-state index contributed by atoms with van der Waals surface area (Å²) < 4.78 is 19.4. The molecule has 1 aliphatic heterocycles. The quantitative estimate of drug-likeness (QED) is 0.780. The molecular weight excluding hydrogens is 347 g/mol. The number of hydrogen-bond donors (Lipinski definition) is 2. The second-order valence-corrected chi connectivity index (χ2v) is 7.00. The van der Waals surface area contributed by atoms with E-state index in [0.29, 0.717) is 24.3 Å². The van der Waals surface area contributed by atoms with Crippen LogP contribution in [0.5, 0.6) is 11.5 Å². The van der Waals surface area contributed by atoms with E-state index in [1.54, 1.807) is 24.3 Å². The number of piperazine rings is 1. The minimum Gasteiger partial charge on any atom is -0.508 e. The number of aliphatic hydroxyl groups is 1. The summed E-state index contributed by atoms with van der Waals surface area (Å²) in [7, 11) is 1.53. The maximum absolute atomic E-state index is 14.3. The van der Waals surface area contributed by atoms with Crippen molar-refractivity contribution in [2.45, 2.75) is 25.6 Å². The van der Waals surface area contributed by atoms with Gasteiger partial charge in [0.05, 0.1) is 7.11 Å². The average Bonchev–Trinajstić information content (AvgIpc) is 2.65. The Hall–Kier alpha value is -2.15. The highest BCUT2D eigenvalue weighted by molar-refractivity contribution is 5.29. The summed E-state index contributed by atoms with van der Waals surface area (Å²) >= 11 is 0. The number of rotatable bonds is 7. The van der Waals surface area contributed by atoms with Gasteiger partial charge in [0.15, 0.2) is 0 Å². The first-order valence-corrected chi connectivity index (χ1v) is 9.26. The third kappa shape index (κ3) is 5.19. The molecule has 3 rings (SSSR count). The van der Waals surface area contributed by atoms with Crippen LogP contribution in [0.2, 0.25) is 0 Å². The zero-order valence-electron chi connectivity index (χ0n) is 15.6. The molecule has 1 saturated heterocycles. The van der Waals surface area contributed by atoms with Gasteiger partial charge in [0.1, 0.15) is 17.3 Å². The lowest BCUT2D eigenvalue weighted by molar-refractivity contribution is 0.0492. The molecule has 0 aliphatic carbocycles. The topological polar surface area (TPSA) is 56.2 Å². The highest BCUT2D eigenvalue weighted by Crippen LogP contribution is 2.22. The monoisotopic (exact) mass is 374 g/mol. The van der Waals surface area contributed by atoms with Gasteiger partial charge in [0.2, 0.25) is 0 Å². The number of methoxy groups -OCH3 is 1. The predicted molar refractivity (Wildman–Crippen MR) is 102 cm³/mol. The van der Waals surface area contributed by atoms with Crippen LogP contribution in [0.4, 0.5) is 4.39 Å². The molecule has 1 atom stereocenters. The van der Waals surface area contributed by atoms with Gasteiger partial charge in [0, 0.05) is 57.0 Å². The van der Waals surface area contributed by atoms with Crippen LogP contribution < -0.4 is 4.74 Å². The first-order valence-electron chi connectivity index (χ1n) is 9.26. The van der Waals surface area contributed by atoms with Crippen LogP contribution in [0.15, 0.2) is 42.5 Å². The van der Waals surface area contributed by atoms with E-state index in [2.05, 4.69) is 9.80 Å². The minimum absolute atomic E-state index is 0.103. The molecule has 0 saturated carbocycles. The molecule has 0 radical (unpaired) electrons. The second-order valence-electron chi connectivity index (χ2n) is 7.00. The largest absolute Gasteiger partial charge is 0.508 e. The number of hydrogen-bond acceptors (Lipinski definition) is 5. The molecule has 2 aromatic carbocycles.